The number of nitrogens with one attached hydrogen (secondary N) is 1. The molecular formula is C18H26BrFN2O2. The van der Waals surface area contributed by atoms with Gasteiger partial charge in [-0.25, -0.2) is 4.39 Å². The van der Waals surface area contributed by atoms with Crippen molar-refractivity contribution < 1.29 is 13.9 Å². The maximum atomic E-state index is 13.1. The lowest BCUT2D eigenvalue weighted by molar-refractivity contribution is -0.127. The molecule has 1 heterocycles. The van der Waals surface area contributed by atoms with Crippen LogP contribution in [0.5, 0.6) is 5.75 Å². The van der Waals surface area contributed by atoms with Gasteiger partial charge in [0.05, 0.1) is 4.47 Å². The summed E-state index contributed by atoms with van der Waals surface area (Å²) in [5.41, 5.74) is 0. The summed E-state index contributed by atoms with van der Waals surface area (Å²) in [6.45, 7) is 8.90. The van der Waals surface area contributed by atoms with Crippen molar-refractivity contribution in [3.63, 3.8) is 0 Å². The van der Waals surface area contributed by atoms with Crippen LogP contribution in [0.25, 0.3) is 0 Å². The molecule has 134 valence electrons. The number of ether oxygens (including phenoxy) is 1. The highest BCUT2D eigenvalue weighted by molar-refractivity contribution is 9.10. The lowest BCUT2D eigenvalue weighted by Gasteiger charge is -2.35. The van der Waals surface area contributed by atoms with E-state index in [4.69, 9.17) is 4.74 Å². The molecule has 0 spiro atoms. The van der Waals surface area contributed by atoms with E-state index in [9.17, 15) is 9.18 Å². The van der Waals surface area contributed by atoms with Crippen molar-refractivity contribution in [1.29, 1.82) is 0 Å². The van der Waals surface area contributed by atoms with Crippen LogP contribution in [0.1, 0.15) is 33.6 Å². The Morgan fingerprint density at radius 2 is 2.08 bits per heavy atom. The number of likely N-dealkylation sites (tertiary alicyclic amines) is 1. The predicted molar refractivity (Wildman–Crippen MR) is 96.6 cm³/mol. The van der Waals surface area contributed by atoms with Gasteiger partial charge < -0.3 is 10.1 Å². The van der Waals surface area contributed by atoms with E-state index in [1.54, 1.807) is 6.92 Å². The van der Waals surface area contributed by atoms with Crippen molar-refractivity contribution >= 4 is 21.8 Å². The number of rotatable bonds is 6. The van der Waals surface area contributed by atoms with Crippen LogP contribution in [0.4, 0.5) is 4.39 Å². The van der Waals surface area contributed by atoms with Crippen LogP contribution in [-0.2, 0) is 4.79 Å². The van der Waals surface area contributed by atoms with Crippen molar-refractivity contribution in [2.24, 2.45) is 5.92 Å². The Bertz CT molecular complexity index is 562. The summed E-state index contributed by atoms with van der Waals surface area (Å²) in [6.07, 6.45) is 1.80. The number of carbonyl (C=O) groups excluding carboxylic acids is 1. The van der Waals surface area contributed by atoms with E-state index in [0.717, 1.165) is 19.0 Å². The Labute approximate surface area is 151 Å². The summed E-state index contributed by atoms with van der Waals surface area (Å²) in [6, 6.07) is 4.45. The Morgan fingerprint density at radius 1 is 1.42 bits per heavy atom. The fourth-order valence-electron chi connectivity index (χ4n) is 2.81. The molecule has 2 unspecified atom stereocenters. The van der Waals surface area contributed by atoms with Gasteiger partial charge in [-0.3, -0.25) is 9.69 Å². The van der Waals surface area contributed by atoms with Crippen LogP contribution in [0.15, 0.2) is 22.7 Å². The minimum Gasteiger partial charge on any atom is -0.480 e. The van der Waals surface area contributed by atoms with Crippen LogP contribution < -0.4 is 10.1 Å². The largest absolute Gasteiger partial charge is 0.480 e. The number of halogens is 2. The Kier molecular flexibility index (Phi) is 7.04. The quantitative estimate of drug-likeness (QED) is 0.792. The van der Waals surface area contributed by atoms with Crippen LogP contribution >= 0.6 is 15.9 Å². The molecule has 1 aliphatic rings. The highest BCUT2D eigenvalue weighted by Gasteiger charge is 2.22. The van der Waals surface area contributed by atoms with E-state index in [2.05, 4.69) is 40.0 Å². The van der Waals surface area contributed by atoms with Gasteiger partial charge >= 0.3 is 0 Å². The summed E-state index contributed by atoms with van der Waals surface area (Å²) in [7, 11) is 0. The van der Waals surface area contributed by atoms with Gasteiger partial charge in [0.25, 0.3) is 5.91 Å². The van der Waals surface area contributed by atoms with Crippen LogP contribution in [0.3, 0.4) is 0 Å². The van der Waals surface area contributed by atoms with Crippen molar-refractivity contribution in [3.05, 3.63) is 28.5 Å². The summed E-state index contributed by atoms with van der Waals surface area (Å²) in [4.78, 5) is 14.6. The van der Waals surface area contributed by atoms with Crippen molar-refractivity contribution in [2.45, 2.75) is 45.8 Å². The molecule has 24 heavy (non-hydrogen) atoms. The average Bonchev–Trinajstić information content (AvgIpc) is 2.55. The van der Waals surface area contributed by atoms with Crippen LogP contribution in [0, 0.1) is 11.7 Å². The van der Waals surface area contributed by atoms with Crippen molar-refractivity contribution in [1.82, 2.24) is 10.2 Å². The zero-order valence-electron chi connectivity index (χ0n) is 14.5. The number of hydrogen-bond donors (Lipinski definition) is 1. The third-order valence-electron chi connectivity index (χ3n) is 4.58. The molecule has 2 rings (SSSR count). The number of nitrogens with zero attached hydrogens (tertiary/aromatic N) is 1. The zero-order valence-corrected chi connectivity index (χ0v) is 16.1. The topological polar surface area (TPSA) is 41.6 Å². The van der Waals surface area contributed by atoms with Gasteiger partial charge in [0.1, 0.15) is 11.6 Å². The van der Waals surface area contributed by atoms with E-state index in [1.165, 1.54) is 31.0 Å². The molecule has 0 radical (unpaired) electrons. The second-order valence-electron chi connectivity index (χ2n) is 6.65. The van der Waals surface area contributed by atoms with Gasteiger partial charge in [0, 0.05) is 12.6 Å². The monoisotopic (exact) mass is 400 g/mol. The minimum atomic E-state index is -0.639. The molecule has 1 aromatic rings. The number of hydrogen-bond acceptors (Lipinski definition) is 3. The molecule has 1 saturated heterocycles. The number of amides is 1. The normalized spacial score (nSPS) is 18.9. The van der Waals surface area contributed by atoms with Crippen molar-refractivity contribution in [2.75, 3.05) is 19.6 Å². The highest BCUT2D eigenvalue weighted by Crippen LogP contribution is 2.26. The maximum Gasteiger partial charge on any atom is 0.260 e. The first-order chi connectivity index (χ1) is 11.4. The van der Waals surface area contributed by atoms with Crippen LogP contribution in [-0.4, -0.2) is 42.6 Å². The van der Waals surface area contributed by atoms with Gasteiger partial charge in [-0.1, -0.05) is 6.92 Å². The number of piperidine rings is 1. The SMILES string of the molecule is CC1CCN(C(C)CNC(=O)C(C)Oc2ccc(F)cc2Br)CC1. The zero-order chi connectivity index (χ0) is 17.7. The third kappa shape index (κ3) is 5.45. The minimum absolute atomic E-state index is 0.163. The maximum absolute atomic E-state index is 13.1. The molecule has 0 aromatic heterocycles. The summed E-state index contributed by atoms with van der Waals surface area (Å²) in [5, 5.41) is 2.95. The van der Waals surface area contributed by atoms with Gasteiger partial charge in [0.2, 0.25) is 0 Å². The Balaban J connectivity index is 1.79. The van der Waals surface area contributed by atoms with Gasteiger partial charge in [0.15, 0.2) is 6.10 Å². The van der Waals surface area contributed by atoms with E-state index < -0.39 is 6.10 Å². The molecule has 1 fully saturated rings. The van der Waals surface area contributed by atoms with Gasteiger partial charge in [-0.05, 0) is 79.8 Å². The smallest absolute Gasteiger partial charge is 0.260 e. The molecular weight excluding hydrogens is 375 g/mol. The number of carbonyl (C=O) groups is 1. The lowest BCUT2D eigenvalue weighted by Crippen LogP contribution is -2.47. The highest BCUT2D eigenvalue weighted by atomic mass is 79.9. The molecule has 0 bridgehead atoms. The average molecular weight is 401 g/mol. The van der Waals surface area contributed by atoms with Gasteiger partial charge in [-0.2, -0.15) is 0 Å². The lowest BCUT2D eigenvalue weighted by atomic mass is 9.98. The first kappa shape index (κ1) is 19.2. The summed E-state index contributed by atoms with van der Waals surface area (Å²) < 4.78 is 19.2. The first-order valence-corrected chi connectivity index (χ1v) is 9.29. The molecule has 1 N–H and O–H groups in total. The standard InChI is InChI=1S/C18H26BrFN2O2/c1-12-6-8-22(9-7-12)13(2)11-21-18(23)14(3)24-17-5-4-15(20)10-16(17)19/h4-5,10,12-14H,6-9,11H2,1-3H3,(H,21,23). The second-order valence-corrected chi connectivity index (χ2v) is 7.50. The van der Waals surface area contributed by atoms with Crippen LogP contribution in [0.2, 0.25) is 0 Å². The van der Waals surface area contributed by atoms with E-state index in [0.29, 0.717) is 22.8 Å². The molecule has 2 atom stereocenters. The molecule has 0 saturated carbocycles. The molecule has 4 nitrogen and oxygen atoms in total. The van der Waals surface area contributed by atoms with E-state index in [-0.39, 0.29) is 11.7 Å². The van der Waals surface area contributed by atoms with E-state index >= 15 is 0 Å². The Hall–Kier alpha value is -1.14. The molecule has 1 amide bonds. The fraction of sp³-hybridized carbons (Fsp3) is 0.611. The molecule has 0 aliphatic carbocycles. The third-order valence-corrected chi connectivity index (χ3v) is 5.20. The van der Waals surface area contributed by atoms with Crippen molar-refractivity contribution in [3.8, 4) is 5.75 Å². The Morgan fingerprint density at radius 3 is 2.71 bits per heavy atom. The molecule has 1 aliphatic heterocycles. The number of benzene rings is 1. The van der Waals surface area contributed by atoms with Gasteiger partial charge in [-0.15, -0.1) is 0 Å². The molecule has 1 aromatic carbocycles. The predicted octanol–water partition coefficient (Wildman–Crippen LogP) is 3.59. The first-order valence-electron chi connectivity index (χ1n) is 8.50. The van der Waals surface area contributed by atoms with E-state index in [1.807, 2.05) is 0 Å². The summed E-state index contributed by atoms with van der Waals surface area (Å²) in [5.74, 6) is 0.738. The molecule has 6 heteroatoms. The summed E-state index contributed by atoms with van der Waals surface area (Å²) >= 11 is 3.24. The second kappa shape index (κ2) is 8.81. The fourth-order valence-corrected chi connectivity index (χ4v) is 3.25.